The zero-order valence-corrected chi connectivity index (χ0v) is 19.1. The molecule has 3 aromatic heterocycles. The van der Waals surface area contributed by atoms with Crippen LogP contribution in [0.5, 0.6) is 0 Å². The van der Waals surface area contributed by atoms with Crippen molar-refractivity contribution < 1.29 is 13.2 Å². The van der Waals surface area contributed by atoms with Gasteiger partial charge < -0.3 is 0 Å². The molecular formula is C18H14N6O3S4. The zero-order valence-electron chi connectivity index (χ0n) is 15.9. The number of rotatable bonds is 7. The van der Waals surface area contributed by atoms with Crippen LogP contribution in [0.3, 0.4) is 0 Å². The second kappa shape index (κ2) is 9.18. The number of amides is 1. The quantitative estimate of drug-likeness (QED) is 0.387. The first kappa shape index (κ1) is 21.5. The molecule has 1 aromatic carbocycles. The molecule has 0 saturated carbocycles. The molecule has 31 heavy (non-hydrogen) atoms. The molecule has 1 N–H and O–H groups in total. The molecule has 0 spiro atoms. The first-order valence-corrected chi connectivity index (χ1v) is 13.0. The van der Waals surface area contributed by atoms with Crippen LogP contribution in [0.25, 0.3) is 0 Å². The van der Waals surface area contributed by atoms with Gasteiger partial charge >= 0.3 is 0 Å². The first-order chi connectivity index (χ1) is 14.9. The molecule has 0 aliphatic carbocycles. The SMILES string of the molecule is CS(=O)(=O)c1ccc(SN(C(=O)c2cccc(Sc3ncn[nH]3)n2)c2nccs2)cc1. The molecule has 0 unspecified atom stereocenters. The molecule has 0 fully saturated rings. The minimum atomic E-state index is -3.30. The van der Waals surface area contributed by atoms with E-state index in [1.165, 1.54) is 45.9 Å². The van der Waals surface area contributed by atoms with Crippen molar-refractivity contribution in [2.45, 2.75) is 20.0 Å². The van der Waals surface area contributed by atoms with Crippen molar-refractivity contribution in [2.24, 2.45) is 0 Å². The van der Waals surface area contributed by atoms with Crippen molar-refractivity contribution in [1.82, 2.24) is 25.1 Å². The van der Waals surface area contributed by atoms with E-state index in [2.05, 4.69) is 25.1 Å². The number of aromatic amines is 1. The minimum absolute atomic E-state index is 0.211. The van der Waals surface area contributed by atoms with Crippen molar-refractivity contribution in [1.29, 1.82) is 0 Å². The fourth-order valence-corrected chi connectivity index (χ4v) is 5.25. The van der Waals surface area contributed by atoms with Gasteiger partial charge in [0.15, 0.2) is 15.0 Å². The van der Waals surface area contributed by atoms with Crippen LogP contribution < -0.4 is 4.31 Å². The third-order valence-electron chi connectivity index (χ3n) is 3.76. The minimum Gasteiger partial charge on any atom is -0.266 e. The Hall–Kier alpha value is -2.74. The van der Waals surface area contributed by atoms with Gasteiger partial charge in [-0.25, -0.2) is 27.7 Å². The monoisotopic (exact) mass is 490 g/mol. The lowest BCUT2D eigenvalue weighted by atomic mass is 10.3. The summed E-state index contributed by atoms with van der Waals surface area (Å²) in [5.41, 5.74) is 0.236. The lowest BCUT2D eigenvalue weighted by Crippen LogP contribution is -2.24. The Balaban J connectivity index is 1.60. The maximum atomic E-state index is 13.3. The highest BCUT2D eigenvalue weighted by Crippen LogP contribution is 2.33. The second-order valence-corrected chi connectivity index (χ2v) is 10.9. The van der Waals surface area contributed by atoms with Gasteiger partial charge in [-0.2, -0.15) is 5.10 Å². The van der Waals surface area contributed by atoms with Crippen molar-refractivity contribution in [3.8, 4) is 0 Å². The van der Waals surface area contributed by atoms with Crippen molar-refractivity contribution in [2.75, 3.05) is 10.6 Å². The maximum absolute atomic E-state index is 13.3. The molecule has 4 aromatic rings. The molecule has 0 radical (unpaired) electrons. The summed E-state index contributed by atoms with van der Waals surface area (Å²) in [7, 11) is -3.30. The molecule has 0 bridgehead atoms. The predicted octanol–water partition coefficient (Wildman–Crippen LogP) is 3.57. The van der Waals surface area contributed by atoms with E-state index in [1.807, 2.05) is 0 Å². The Morgan fingerprint density at radius 3 is 2.58 bits per heavy atom. The topological polar surface area (TPSA) is 122 Å². The first-order valence-electron chi connectivity index (χ1n) is 8.62. The summed E-state index contributed by atoms with van der Waals surface area (Å²) in [5, 5.41) is 9.94. The Kier molecular flexibility index (Phi) is 6.36. The van der Waals surface area contributed by atoms with Crippen LogP contribution in [-0.4, -0.2) is 45.7 Å². The summed E-state index contributed by atoms with van der Waals surface area (Å²) in [6.45, 7) is 0. The summed E-state index contributed by atoms with van der Waals surface area (Å²) < 4.78 is 24.8. The maximum Gasteiger partial charge on any atom is 0.289 e. The lowest BCUT2D eigenvalue weighted by molar-refractivity contribution is 0.100. The number of sulfone groups is 1. The van der Waals surface area contributed by atoms with Gasteiger partial charge in [0.1, 0.15) is 17.0 Å². The van der Waals surface area contributed by atoms with Crippen LogP contribution in [0.1, 0.15) is 10.5 Å². The summed E-state index contributed by atoms with van der Waals surface area (Å²) in [5.74, 6) is -0.354. The van der Waals surface area contributed by atoms with Crippen molar-refractivity contribution in [3.05, 3.63) is 66.1 Å². The molecule has 0 aliphatic rings. The molecule has 4 rings (SSSR count). The molecule has 0 aliphatic heterocycles. The zero-order chi connectivity index (χ0) is 21.8. The van der Waals surface area contributed by atoms with E-state index < -0.39 is 9.84 Å². The van der Waals surface area contributed by atoms with Gasteiger partial charge in [0.05, 0.1) is 4.90 Å². The number of H-pyrrole nitrogens is 1. The Morgan fingerprint density at radius 2 is 1.94 bits per heavy atom. The van der Waals surface area contributed by atoms with E-state index in [1.54, 1.807) is 41.9 Å². The van der Waals surface area contributed by atoms with E-state index in [4.69, 9.17) is 0 Å². The Labute approximate surface area is 190 Å². The normalized spacial score (nSPS) is 11.4. The van der Waals surface area contributed by atoms with Gasteiger partial charge in [-0.15, -0.1) is 11.3 Å². The van der Waals surface area contributed by atoms with Crippen LogP contribution in [0, 0.1) is 0 Å². The van der Waals surface area contributed by atoms with E-state index in [9.17, 15) is 13.2 Å². The van der Waals surface area contributed by atoms with Crippen molar-refractivity contribution >= 4 is 55.9 Å². The Bertz CT molecular complexity index is 1280. The van der Waals surface area contributed by atoms with E-state index in [-0.39, 0.29) is 16.5 Å². The number of thiazole rings is 1. The molecule has 1 amide bonds. The number of anilines is 1. The number of pyridine rings is 1. The number of aromatic nitrogens is 5. The largest absolute Gasteiger partial charge is 0.289 e. The number of nitrogens with one attached hydrogen (secondary N) is 1. The van der Waals surface area contributed by atoms with Crippen LogP contribution >= 0.6 is 35.0 Å². The standard InChI is InChI=1S/C18H14N6O3S4/c1-31(26,27)13-7-5-12(6-8-13)30-24(18-19-9-10-28-18)16(25)14-3-2-4-15(22-14)29-17-20-11-21-23-17/h2-11H,1H3,(H,20,21,23). The third-order valence-corrected chi connectivity index (χ3v) is 7.59. The predicted molar refractivity (Wildman–Crippen MR) is 119 cm³/mol. The van der Waals surface area contributed by atoms with Gasteiger partial charge in [-0.1, -0.05) is 6.07 Å². The summed E-state index contributed by atoms with van der Waals surface area (Å²) in [6.07, 6.45) is 4.15. The van der Waals surface area contributed by atoms with Crippen LogP contribution in [-0.2, 0) is 9.84 Å². The molecule has 0 atom stereocenters. The highest BCUT2D eigenvalue weighted by molar-refractivity contribution is 8.01. The molecule has 3 heterocycles. The smallest absolute Gasteiger partial charge is 0.266 e. The van der Waals surface area contributed by atoms with Crippen molar-refractivity contribution in [3.63, 3.8) is 0 Å². The number of carbonyl (C=O) groups excluding carboxylic acids is 1. The number of hydrogen-bond donors (Lipinski definition) is 1. The molecule has 158 valence electrons. The average molecular weight is 491 g/mol. The third kappa shape index (κ3) is 5.31. The molecule has 9 nitrogen and oxygen atoms in total. The molecular weight excluding hydrogens is 477 g/mol. The molecule has 13 heteroatoms. The van der Waals surface area contributed by atoms with E-state index in [0.29, 0.717) is 20.2 Å². The highest BCUT2D eigenvalue weighted by atomic mass is 32.2. The van der Waals surface area contributed by atoms with Gasteiger partial charge in [-0.3, -0.25) is 9.89 Å². The average Bonchev–Trinajstić information content (AvgIpc) is 3.46. The van der Waals surface area contributed by atoms with Crippen LogP contribution in [0.15, 0.2) is 80.3 Å². The second-order valence-electron chi connectivity index (χ2n) is 6.00. The fourth-order valence-electron chi connectivity index (χ4n) is 2.37. The Morgan fingerprint density at radius 1 is 1.13 bits per heavy atom. The van der Waals surface area contributed by atoms with E-state index >= 15 is 0 Å². The van der Waals surface area contributed by atoms with Crippen LogP contribution in [0.2, 0.25) is 0 Å². The summed E-state index contributed by atoms with van der Waals surface area (Å²) in [6, 6.07) is 11.5. The lowest BCUT2D eigenvalue weighted by Gasteiger charge is -2.18. The number of nitrogens with zero attached hydrogens (tertiary/aromatic N) is 5. The van der Waals surface area contributed by atoms with E-state index in [0.717, 1.165) is 18.2 Å². The fraction of sp³-hybridized carbons (Fsp3) is 0.0556. The van der Waals surface area contributed by atoms with Gasteiger partial charge in [0.2, 0.25) is 5.13 Å². The highest BCUT2D eigenvalue weighted by Gasteiger charge is 2.23. The summed E-state index contributed by atoms with van der Waals surface area (Å²) >= 11 is 3.71. The van der Waals surface area contributed by atoms with Gasteiger partial charge in [-0.05, 0) is 60.1 Å². The van der Waals surface area contributed by atoms with Gasteiger partial charge in [0, 0.05) is 22.7 Å². The van der Waals surface area contributed by atoms with Crippen LogP contribution in [0.4, 0.5) is 5.13 Å². The summed E-state index contributed by atoms with van der Waals surface area (Å²) in [4.78, 5) is 26.9. The molecule has 0 saturated heterocycles. The number of hydrogen-bond acceptors (Lipinski definition) is 10. The van der Waals surface area contributed by atoms with Gasteiger partial charge in [0.25, 0.3) is 5.91 Å². The number of benzene rings is 1. The number of carbonyl (C=O) groups is 1.